The van der Waals surface area contributed by atoms with Gasteiger partial charge in [0.15, 0.2) is 0 Å². The van der Waals surface area contributed by atoms with Gasteiger partial charge < -0.3 is 20.0 Å². The van der Waals surface area contributed by atoms with E-state index in [9.17, 15) is 9.18 Å². The van der Waals surface area contributed by atoms with Gasteiger partial charge in [-0.05, 0) is 54.1 Å². The SMILES string of the molecule is CN(Cc1ccccc1)c1ccc(NC(=O)NCCc2coc(-c3ccc(F)cc3)n2)cc1. The van der Waals surface area contributed by atoms with E-state index < -0.39 is 0 Å². The predicted octanol–water partition coefficient (Wildman–Crippen LogP) is 5.48. The van der Waals surface area contributed by atoms with Gasteiger partial charge in [0, 0.05) is 43.5 Å². The van der Waals surface area contributed by atoms with Gasteiger partial charge in [-0.3, -0.25) is 0 Å². The van der Waals surface area contributed by atoms with Crippen molar-refractivity contribution in [1.82, 2.24) is 10.3 Å². The molecule has 6 nitrogen and oxygen atoms in total. The number of halogens is 1. The average Bonchev–Trinajstić information content (AvgIpc) is 3.29. The summed E-state index contributed by atoms with van der Waals surface area (Å²) < 4.78 is 18.5. The molecule has 7 heteroatoms. The molecule has 0 aliphatic heterocycles. The predicted molar refractivity (Wildman–Crippen MR) is 128 cm³/mol. The number of rotatable bonds is 8. The second kappa shape index (κ2) is 10.5. The van der Waals surface area contributed by atoms with Gasteiger partial charge in [-0.1, -0.05) is 30.3 Å². The molecule has 0 radical (unpaired) electrons. The Kier molecular flexibility index (Phi) is 6.99. The van der Waals surface area contributed by atoms with Gasteiger partial charge >= 0.3 is 6.03 Å². The molecule has 0 bridgehead atoms. The van der Waals surface area contributed by atoms with E-state index in [1.54, 1.807) is 18.4 Å². The van der Waals surface area contributed by atoms with Crippen molar-refractivity contribution in [3.05, 3.63) is 102 Å². The monoisotopic (exact) mass is 444 g/mol. The van der Waals surface area contributed by atoms with Crippen LogP contribution in [0.2, 0.25) is 0 Å². The number of nitrogens with one attached hydrogen (secondary N) is 2. The van der Waals surface area contributed by atoms with Crippen LogP contribution in [0, 0.1) is 5.82 Å². The Hall–Kier alpha value is -4.13. The molecule has 0 fully saturated rings. The Bertz CT molecular complexity index is 1180. The van der Waals surface area contributed by atoms with Crippen molar-refractivity contribution >= 4 is 17.4 Å². The highest BCUT2D eigenvalue weighted by Gasteiger charge is 2.08. The Balaban J connectivity index is 1.22. The molecule has 0 aliphatic carbocycles. The molecule has 2 amide bonds. The maximum absolute atomic E-state index is 13.0. The Morgan fingerprint density at radius 3 is 2.45 bits per heavy atom. The van der Waals surface area contributed by atoms with E-state index in [1.165, 1.54) is 17.7 Å². The topological polar surface area (TPSA) is 70.4 Å². The first-order chi connectivity index (χ1) is 16.1. The van der Waals surface area contributed by atoms with E-state index in [1.807, 2.05) is 49.5 Å². The third-order valence-electron chi connectivity index (χ3n) is 5.14. The molecule has 33 heavy (non-hydrogen) atoms. The van der Waals surface area contributed by atoms with Crippen LogP contribution in [0.4, 0.5) is 20.6 Å². The molecule has 3 aromatic carbocycles. The van der Waals surface area contributed by atoms with Crippen molar-refractivity contribution in [2.45, 2.75) is 13.0 Å². The van der Waals surface area contributed by atoms with Crippen molar-refractivity contribution in [2.24, 2.45) is 0 Å². The molecule has 1 aromatic heterocycles. The summed E-state index contributed by atoms with van der Waals surface area (Å²) >= 11 is 0. The lowest BCUT2D eigenvalue weighted by molar-refractivity contribution is 0.252. The third kappa shape index (κ3) is 6.20. The second-order valence-electron chi connectivity index (χ2n) is 7.67. The molecular weight excluding hydrogens is 419 g/mol. The lowest BCUT2D eigenvalue weighted by atomic mass is 10.2. The molecule has 4 aromatic rings. The summed E-state index contributed by atoms with van der Waals surface area (Å²) in [5.41, 5.74) is 4.42. The van der Waals surface area contributed by atoms with Crippen molar-refractivity contribution < 1.29 is 13.6 Å². The Morgan fingerprint density at radius 2 is 1.73 bits per heavy atom. The highest BCUT2D eigenvalue weighted by Crippen LogP contribution is 2.20. The molecule has 0 atom stereocenters. The van der Waals surface area contributed by atoms with Gasteiger partial charge in [-0.25, -0.2) is 14.2 Å². The molecule has 1 heterocycles. The summed E-state index contributed by atoms with van der Waals surface area (Å²) in [6.45, 7) is 1.21. The fourth-order valence-corrected chi connectivity index (χ4v) is 3.37. The first-order valence-electron chi connectivity index (χ1n) is 10.7. The zero-order valence-corrected chi connectivity index (χ0v) is 18.3. The summed E-state index contributed by atoms with van der Waals surface area (Å²) in [5.74, 6) is 0.112. The van der Waals surface area contributed by atoms with Gasteiger partial charge in [0.05, 0.1) is 5.69 Å². The number of aromatic nitrogens is 1. The lowest BCUT2D eigenvalue weighted by Gasteiger charge is -2.20. The van der Waals surface area contributed by atoms with Gasteiger partial charge in [-0.15, -0.1) is 0 Å². The average molecular weight is 445 g/mol. The van der Waals surface area contributed by atoms with Crippen LogP contribution in [0.3, 0.4) is 0 Å². The summed E-state index contributed by atoms with van der Waals surface area (Å²) in [5, 5.41) is 5.65. The normalized spacial score (nSPS) is 10.6. The van der Waals surface area contributed by atoms with Crippen LogP contribution in [0.5, 0.6) is 0 Å². The first kappa shape index (κ1) is 22.1. The third-order valence-corrected chi connectivity index (χ3v) is 5.14. The maximum Gasteiger partial charge on any atom is 0.319 e. The molecule has 4 rings (SSSR count). The molecule has 0 unspecified atom stereocenters. The zero-order valence-electron chi connectivity index (χ0n) is 18.3. The van der Waals surface area contributed by atoms with Crippen LogP contribution in [-0.4, -0.2) is 24.6 Å². The van der Waals surface area contributed by atoms with Gasteiger partial charge in [-0.2, -0.15) is 0 Å². The minimum Gasteiger partial charge on any atom is -0.444 e. The number of carbonyl (C=O) groups is 1. The summed E-state index contributed by atoms with van der Waals surface area (Å²) in [6, 6.07) is 23.6. The van der Waals surface area contributed by atoms with E-state index in [-0.39, 0.29) is 11.8 Å². The zero-order chi connectivity index (χ0) is 23.0. The van der Waals surface area contributed by atoms with Gasteiger partial charge in [0.25, 0.3) is 0 Å². The molecule has 0 spiro atoms. The van der Waals surface area contributed by atoms with E-state index >= 15 is 0 Å². The maximum atomic E-state index is 13.0. The minimum atomic E-state index is -0.311. The fraction of sp³-hybridized carbons (Fsp3) is 0.154. The Morgan fingerprint density at radius 1 is 1.00 bits per heavy atom. The van der Waals surface area contributed by atoms with Crippen molar-refractivity contribution in [2.75, 3.05) is 23.8 Å². The van der Waals surface area contributed by atoms with Crippen LogP contribution in [0.1, 0.15) is 11.3 Å². The molecule has 0 aliphatic rings. The van der Waals surface area contributed by atoms with Crippen LogP contribution >= 0.6 is 0 Å². The highest BCUT2D eigenvalue weighted by molar-refractivity contribution is 5.89. The van der Waals surface area contributed by atoms with Crippen molar-refractivity contribution in [1.29, 1.82) is 0 Å². The smallest absolute Gasteiger partial charge is 0.319 e. The van der Waals surface area contributed by atoms with E-state index in [2.05, 4.69) is 32.7 Å². The summed E-state index contributed by atoms with van der Waals surface area (Å²) in [7, 11) is 2.04. The number of amides is 2. The first-order valence-corrected chi connectivity index (χ1v) is 10.7. The number of oxazole rings is 1. The van der Waals surface area contributed by atoms with Crippen molar-refractivity contribution in [3.63, 3.8) is 0 Å². The van der Waals surface area contributed by atoms with Crippen LogP contribution < -0.4 is 15.5 Å². The van der Waals surface area contributed by atoms with E-state index in [4.69, 9.17) is 4.42 Å². The van der Waals surface area contributed by atoms with Gasteiger partial charge in [0.2, 0.25) is 5.89 Å². The van der Waals surface area contributed by atoms with Crippen LogP contribution in [0.15, 0.2) is 89.5 Å². The summed E-state index contributed by atoms with van der Waals surface area (Å²) in [6.07, 6.45) is 2.06. The standard InChI is InChI=1S/C26H25FN4O2/c1-31(17-19-5-3-2-4-6-19)24-13-11-22(12-14-24)30-26(32)28-16-15-23-18-33-25(29-23)20-7-9-21(27)10-8-20/h2-14,18H,15-17H2,1H3,(H2,28,30,32). The number of nitrogens with zero attached hydrogens (tertiary/aromatic N) is 2. The lowest BCUT2D eigenvalue weighted by Crippen LogP contribution is -2.30. The minimum absolute atomic E-state index is 0.289. The Labute approximate surface area is 192 Å². The highest BCUT2D eigenvalue weighted by atomic mass is 19.1. The van der Waals surface area contributed by atoms with Crippen molar-refractivity contribution in [3.8, 4) is 11.5 Å². The molecular formula is C26H25FN4O2. The summed E-state index contributed by atoms with van der Waals surface area (Å²) in [4.78, 5) is 18.7. The quantitative estimate of drug-likeness (QED) is 0.377. The molecule has 2 N–H and O–H groups in total. The van der Waals surface area contributed by atoms with Gasteiger partial charge in [0.1, 0.15) is 12.1 Å². The van der Waals surface area contributed by atoms with E-state index in [0.29, 0.717) is 35.8 Å². The number of urea groups is 1. The number of hydrogen-bond donors (Lipinski definition) is 2. The number of anilines is 2. The number of carbonyl (C=O) groups excluding carboxylic acids is 1. The fourth-order valence-electron chi connectivity index (χ4n) is 3.37. The second-order valence-corrected chi connectivity index (χ2v) is 7.67. The largest absolute Gasteiger partial charge is 0.444 e. The molecule has 0 saturated heterocycles. The number of hydrogen-bond acceptors (Lipinski definition) is 4. The van der Waals surface area contributed by atoms with Crippen LogP contribution in [-0.2, 0) is 13.0 Å². The molecule has 168 valence electrons. The van der Waals surface area contributed by atoms with E-state index in [0.717, 1.165) is 12.2 Å². The molecule has 0 saturated carbocycles. The number of benzene rings is 3. The van der Waals surface area contributed by atoms with Crippen LogP contribution in [0.25, 0.3) is 11.5 Å².